The van der Waals surface area contributed by atoms with Crippen molar-refractivity contribution in [1.82, 2.24) is 0 Å². The Bertz CT molecular complexity index is 637. The molecule has 2 aromatic carbocycles. The van der Waals surface area contributed by atoms with E-state index in [-0.39, 0.29) is 12.2 Å². The van der Waals surface area contributed by atoms with Crippen molar-refractivity contribution in [2.45, 2.75) is 13.0 Å². The van der Waals surface area contributed by atoms with Gasteiger partial charge in [-0.1, -0.05) is 12.1 Å². The molecule has 0 saturated carbocycles. The first-order valence-corrected chi connectivity index (χ1v) is 6.88. The lowest BCUT2D eigenvalue weighted by Gasteiger charge is -2.25. The van der Waals surface area contributed by atoms with E-state index in [1.807, 2.05) is 12.1 Å². The average Bonchev–Trinajstić information content (AvgIpc) is 2.69. The minimum absolute atomic E-state index is 0.0508. The van der Waals surface area contributed by atoms with E-state index in [0.717, 1.165) is 0 Å². The van der Waals surface area contributed by atoms with Crippen molar-refractivity contribution in [2.24, 2.45) is 5.73 Å². The van der Waals surface area contributed by atoms with Gasteiger partial charge in [-0.3, -0.25) is 0 Å². The summed E-state index contributed by atoms with van der Waals surface area (Å²) < 4.78 is 34.3. The van der Waals surface area contributed by atoms with Gasteiger partial charge in [-0.2, -0.15) is 0 Å². The van der Waals surface area contributed by atoms with E-state index in [0.29, 0.717) is 36.6 Å². The second kappa shape index (κ2) is 5.69. The standard InChI is InChI=1S/C16H16F2N2O/c17-12-8-11(10-19)9-13(18)16(12)20-6-3-7-21-15-5-2-1-4-14(15)20/h1-2,4-5,8-9H,3,6-7,10,19H2. The number of anilines is 2. The Balaban J connectivity index is 2.12. The van der Waals surface area contributed by atoms with Crippen molar-refractivity contribution >= 4 is 11.4 Å². The zero-order valence-corrected chi connectivity index (χ0v) is 11.5. The quantitative estimate of drug-likeness (QED) is 0.922. The number of nitrogens with zero attached hydrogens (tertiary/aromatic N) is 1. The van der Waals surface area contributed by atoms with Crippen LogP contribution >= 0.6 is 0 Å². The molecule has 0 aliphatic carbocycles. The zero-order valence-electron chi connectivity index (χ0n) is 11.5. The Morgan fingerprint density at radius 1 is 1.14 bits per heavy atom. The van der Waals surface area contributed by atoms with Crippen LogP contribution in [0.5, 0.6) is 5.75 Å². The fraction of sp³-hybridized carbons (Fsp3) is 0.250. The number of fused-ring (bicyclic) bond motifs is 1. The summed E-state index contributed by atoms with van der Waals surface area (Å²) in [5.74, 6) is -0.573. The summed E-state index contributed by atoms with van der Waals surface area (Å²) in [4.78, 5) is 1.63. The summed E-state index contributed by atoms with van der Waals surface area (Å²) in [6, 6.07) is 9.84. The summed E-state index contributed by atoms with van der Waals surface area (Å²) in [5.41, 5.74) is 6.51. The highest BCUT2D eigenvalue weighted by atomic mass is 19.1. The summed E-state index contributed by atoms with van der Waals surface area (Å²) in [6.07, 6.45) is 0.687. The molecular formula is C16H16F2N2O. The lowest BCUT2D eigenvalue weighted by Crippen LogP contribution is -2.20. The highest BCUT2D eigenvalue weighted by molar-refractivity contribution is 5.70. The van der Waals surface area contributed by atoms with Gasteiger partial charge in [0.25, 0.3) is 0 Å². The maximum Gasteiger partial charge on any atom is 0.150 e. The zero-order chi connectivity index (χ0) is 14.8. The topological polar surface area (TPSA) is 38.5 Å². The fourth-order valence-corrected chi connectivity index (χ4v) is 2.55. The molecule has 1 aliphatic heterocycles. The molecule has 0 spiro atoms. The Hall–Kier alpha value is -2.14. The van der Waals surface area contributed by atoms with Crippen molar-refractivity contribution in [1.29, 1.82) is 0 Å². The van der Waals surface area contributed by atoms with Crippen LogP contribution in [0, 0.1) is 11.6 Å². The molecule has 0 aromatic heterocycles. The third-order valence-corrected chi connectivity index (χ3v) is 3.52. The molecule has 3 rings (SSSR count). The molecule has 0 atom stereocenters. The number of para-hydroxylation sites is 2. The maximum absolute atomic E-state index is 14.3. The molecule has 0 saturated heterocycles. The van der Waals surface area contributed by atoms with Gasteiger partial charge in [0, 0.05) is 13.1 Å². The van der Waals surface area contributed by atoms with Crippen molar-refractivity contribution in [2.75, 3.05) is 18.1 Å². The molecule has 110 valence electrons. The number of benzene rings is 2. The second-order valence-corrected chi connectivity index (χ2v) is 4.93. The number of halogens is 2. The molecule has 21 heavy (non-hydrogen) atoms. The molecule has 0 radical (unpaired) electrons. The van der Waals surface area contributed by atoms with Crippen LogP contribution in [0.15, 0.2) is 36.4 Å². The minimum Gasteiger partial charge on any atom is -0.491 e. The largest absolute Gasteiger partial charge is 0.491 e. The van der Waals surface area contributed by atoms with Crippen molar-refractivity contribution < 1.29 is 13.5 Å². The predicted molar refractivity (Wildman–Crippen MR) is 77.8 cm³/mol. The molecule has 0 unspecified atom stereocenters. The van der Waals surface area contributed by atoms with Crippen LogP contribution in [0.4, 0.5) is 20.2 Å². The van der Waals surface area contributed by atoms with Crippen LogP contribution in [0.2, 0.25) is 0 Å². The van der Waals surface area contributed by atoms with Crippen molar-refractivity contribution in [3.8, 4) is 5.75 Å². The van der Waals surface area contributed by atoms with Gasteiger partial charge < -0.3 is 15.4 Å². The minimum atomic E-state index is -0.604. The Morgan fingerprint density at radius 2 is 1.86 bits per heavy atom. The molecule has 1 aliphatic rings. The summed E-state index contributed by atoms with van der Waals surface area (Å²) >= 11 is 0. The van der Waals surface area contributed by atoms with E-state index >= 15 is 0 Å². The van der Waals surface area contributed by atoms with Crippen LogP contribution in [0.1, 0.15) is 12.0 Å². The highest BCUT2D eigenvalue weighted by Gasteiger charge is 2.23. The molecule has 5 heteroatoms. The van der Waals surface area contributed by atoms with E-state index in [1.165, 1.54) is 12.1 Å². The van der Waals surface area contributed by atoms with Crippen molar-refractivity contribution in [3.05, 3.63) is 53.6 Å². The van der Waals surface area contributed by atoms with Gasteiger partial charge >= 0.3 is 0 Å². The lowest BCUT2D eigenvalue weighted by molar-refractivity contribution is 0.322. The van der Waals surface area contributed by atoms with E-state index in [4.69, 9.17) is 10.5 Å². The van der Waals surface area contributed by atoms with E-state index < -0.39 is 11.6 Å². The molecule has 0 fully saturated rings. The molecule has 2 N–H and O–H groups in total. The normalized spacial score (nSPS) is 14.3. The number of hydrogen-bond donors (Lipinski definition) is 1. The van der Waals surface area contributed by atoms with Crippen LogP contribution in [0.25, 0.3) is 0 Å². The third-order valence-electron chi connectivity index (χ3n) is 3.52. The van der Waals surface area contributed by atoms with E-state index in [9.17, 15) is 8.78 Å². The number of nitrogens with two attached hydrogens (primary N) is 1. The van der Waals surface area contributed by atoms with Crippen LogP contribution < -0.4 is 15.4 Å². The second-order valence-electron chi connectivity index (χ2n) is 4.93. The highest BCUT2D eigenvalue weighted by Crippen LogP contribution is 2.38. The molecule has 0 bridgehead atoms. The molecule has 0 amide bonds. The first-order valence-electron chi connectivity index (χ1n) is 6.88. The van der Waals surface area contributed by atoms with Crippen LogP contribution in [-0.2, 0) is 6.54 Å². The summed E-state index contributed by atoms with van der Waals surface area (Å²) in [7, 11) is 0. The Labute approximate surface area is 121 Å². The van der Waals surface area contributed by atoms with E-state index in [1.54, 1.807) is 17.0 Å². The Morgan fingerprint density at radius 3 is 2.57 bits per heavy atom. The first-order chi connectivity index (χ1) is 10.2. The molecule has 1 heterocycles. The number of rotatable bonds is 2. The van der Waals surface area contributed by atoms with Gasteiger partial charge in [0.1, 0.15) is 23.1 Å². The van der Waals surface area contributed by atoms with Crippen LogP contribution in [0.3, 0.4) is 0 Å². The average molecular weight is 290 g/mol. The first kappa shape index (κ1) is 13.8. The lowest BCUT2D eigenvalue weighted by atomic mass is 10.1. The van der Waals surface area contributed by atoms with Gasteiger partial charge in [0.05, 0.1) is 12.3 Å². The van der Waals surface area contributed by atoms with Gasteiger partial charge in [0.15, 0.2) is 0 Å². The maximum atomic E-state index is 14.3. The third kappa shape index (κ3) is 2.56. The molecular weight excluding hydrogens is 274 g/mol. The van der Waals surface area contributed by atoms with Gasteiger partial charge in [0.2, 0.25) is 0 Å². The fourth-order valence-electron chi connectivity index (χ4n) is 2.55. The summed E-state index contributed by atoms with van der Waals surface area (Å²) in [6.45, 7) is 1.12. The summed E-state index contributed by atoms with van der Waals surface area (Å²) in [5, 5.41) is 0. The number of ether oxygens (including phenoxy) is 1. The van der Waals surface area contributed by atoms with Crippen molar-refractivity contribution in [3.63, 3.8) is 0 Å². The molecule has 2 aromatic rings. The Kier molecular flexibility index (Phi) is 3.75. The smallest absolute Gasteiger partial charge is 0.150 e. The SMILES string of the molecule is NCc1cc(F)c(N2CCCOc3ccccc32)c(F)c1. The van der Waals surface area contributed by atoms with Crippen LogP contribution in [-0.4, -0.2) is 13.2 Å². The number of hydrogen-bond acceptors (Lipinski definition) is 3. The van der Waals surface area contributed by atoms with E-state index in [2.05, 4.69) is 0 Å². The molecule has 3 nitrogen and oxygen atoms in total. The van der Waals surface area contributed by atoms with Gasteiger partial charge in [-0.05, 0) is 36.2 Å². The monoisotopic (exact) mass is 290 g/mol. The van der Waals surface area contributed by atoms with Gasteiger partial charge in [-0.25, -0.2) is 8.78 Å². The predicted octanol–water partition coefficient (Wildman–Crippen LogP) is 3.34. The van der Waals surface area contributed by atoms with Gasteiger partial charge in [-0.15, -0.1) is 0 Å².